The number of hydrogen-bond donors (Lipinski definition) is 1. The molecule has 1 aromatic rings. The summed E-state index contributed by atoms with van der Waals surface area (Å²) in [6.45, 7) is 3.97. The van der Waals surface area contributed by atoms with Crippen LogP contribution in [0.1, 0.15) is 20.3 Å². The number of rotatable bonds is 4. The van der Waals surface area contributed by atoms with E-state index in [1.807, 2.05) is 13.8 Å². The van der Waals surface area contributed by atoms with Gasteiger partial charge in [-0.2, -0.15) is 0 Å². The highest BCUT2D eigenvalue weighted by Crippen LogP contribution is 2.25. The minimum atomic E-state index is -1.06. The Bertz CT molecular complexity index is 366. The average molecular weight is 227 g/mol. The Hall–Kier alpha value is -1.03. The van der Waals surface area contributed by atoms with Gasteiger partial charge in [-0.15, -0.1) is 0 Å². The third-order valence-electron chi connectivity index (χ3n) is 2.38. The average Bonchev–Trinajstić information content (AvgIpc) is 2.27. The Morgan fingerprint density at radius 1 is 1.53 bits per heavy atom. The normalized spacial score (nSPS) is 14.6. The maximum atomic E-state index is 12.0. The Kier molecular flexibility index (Phi) is 4.15. The molecule has 2 unspecified atom stereocenters. The molecule has 1 aromatic carbocycles. The third kappa shape index (κ3) is 2.72. The molecule has 2 N–H and O–H groups in total. The van der Waals surface area contributed by atoms with Crippen LogP contribution in [0.25, 0.3) is 0 Å². The van der Waals surface area contributed by atoms with E-state index in [0.717, 1.165) is 6.42 Å². The fourth-order valence-electron chi connectivity index (χ4n) is 1.18. The molecule has 0 spiro atoms. The molecule has 0 saturated carbocycles. The van der Waals surface area contributed by atoms with Crippen molar-refractivity contribution in [2.45, 2.75) is 30.4 Å². The molecule has 0 saturated heterocycles. The van der Waals surface area contributed by atoms with Gasteiger partial charge in [0.05, 0.1) is 22.8 Å². The fraction of sp³-hybridized carbons (Fsp3) is 0.455. The Balaban J connectivity index is 3.07. The Morgan fingerprint density at radius 3 is 2.73 bits per heavy atom. The lowest BCUT2D eigenvalue weighted by Gasteiger charge is -2.12. The van der Waals surface area contributed by atoms with Gasteiger partial charge in [0.1, 0.15) is 5.75 Å². The van der Waals surface area contributed by atoms with Crippen LogP contribution in [-0.2, 0) is 10.8 Å². The molecular formula is C11H17NO2S. The van der Waals surface area contributed by atoms with E-state index in [9.17, 15) is 4.21 Å². The zero-order valence-corrected chi connectivity index (χ0v) is 10.1. The zero-order valence-electron chi connectivity index (χ0n) is 9.32. The van der Waals surface area contributed by atoms with Crippen molar-refractivity contribution in [2.75, 3.05) is 12.8 Å². The first kappa shape index (κ1) is 12.0. The minimum absolute atomic E-state index is 0.111. The van der Waals surface area contributed by atoms with Gasteiger partial charge in [-0.05, 0) is 24.6 Å². The van der Waals surface area contributed by atoms with Crippen LogP contribution < -0.4 is 10.5 Å². The summed E-state index contributed by atoms with van der Waals surface area (Å²) >= 11 is 0. The van der Waals surface area contributed by atoms with Crippen molar-refractivity contribution in [3.05, 3.63) is 18.2 Å². The van der Waals surface area contributed by atoms with Gasteiger partial charge in [0.15, 0.2) is 0 Å². The molecule has 0 aliphatic heterocycles. The predicted molar refractivity (Wildman–Crippen MR) is 63.6 cm³/mol. The van der Waals surface area contributed by atoms with Gasteiger partial charge in [-0.1, -0.05) is 13.8 Å². The Labute approximate surface area is 93.1 Å². The quantitative estimate of drug-likeness (QED) is 0.802. The van der Waals surface area contributed by atoms with Crippen molar-refractivity contribution in [3.63, 3.8) is 0 Å². The van der Waals surface area contributed by atoms with E-state index in [1.165, 1.54) is 0 Å². The summed E-state index contributed by atoms with van der Waals surface area (Å²) in [6, 6.07) is 5.25. The van der Waals surface area contributed by atoms with E-state index >= 15 is 0 Å². The van der Waals surface area contributed by atoms with E-state index < -0.39 is 10.8 Å². The van der Waals surface area contributed by atoms with Crippen molar-refractivity contribution in [2.24, 2.45) is 0 Å². The summed E-state index contributed by atoms with van der Waals surface area (Å²) in [4.78, 5) is 0.670. The first-order valence-electron chi connectivity index (χ1n) is 4.94. The zero-order chi connectivity index (χ0) is 11.4. The van der Waals surface area contributed by atoms with Gasteiger partial charge in [-0.25, -0.2) is 0 Å². The first-order chi connectivity index (χ1) is 7.10. The van der Waals surface area contributed by atoms with Gasteiger partial charge in [-0.3, -0.25) is 4.21 Å². The summed E-state index contributed by atoms with van der Waals surface area (Å²) < 4.78 is 17.1. The summed E-state index contributed by atoms with van der Waals surface area (Å²) in [5.74, 6) is 0.691. The van der Waals surface area contributed by atoms with Crippen LogP contribution >= 0.6 is 0 Å². The van der Waals surface area contributed by atoms with E-state index in [1.54, 1.807) is 25.3 Å². The molecule has 0 aliphatic rings. The molecule has 1 rings (SSSR count). The van der Waals surface area contributed by atoms with Crippen molar-refractivity contribution in [3.8, 4) is 5.75 Å². The largest absolute Gasteiger partial charge is 0.497 e. The second-order valence-electron chi connectivity index (χ2n) is 3.42. The number of methoxy groups -OCH3 is 1. The first-order valence-corrected chi connectivity index (χ1v) is 6.15. The maximum absolute atomic E-state index is 12.0. The van der Waals surface area contributed by atoms with Crippen LogP contribution in [-0.4, -0.2) is 16.6 Å². The summed E-state index contributed by atoms with van der Waals surface area (Å²) in [6.07, 6.45) is 0.864. The topological polar surface area (TPSA) is 52.3 Å². The molecule has 0 amide bonds. The van der Waals surface area contributed by atoms with Crippen LogP contribution in [0.15, 0.2) is 23.1 Å². The maximum Gasteiger partial charge on any atom is 0.120 e. The molecule has 0 radical (unpaired) electrons. The highest BCUT2D eigenvalue weighted by molar-refractivity contribution is 7.85. The molecule has 0 aliphatic carbocycles. The van der Waals surface area contributed by atoms with Crippen LogP contribution in [0.3, 0.4) is 0 Å². The van der Waals surface area contributed by atoms with Crippen molar-refractivity contribution < 1.29 is 8.95 Å². The monoisotopic (exact) mass is 227 g/mol. The molecule has 15 heavy (non-hydrogen) atoms. The van der Waals surface area contributed by atoms with E-state index in [-0.39, 0.29) is 5.25 Å². The lowest BCUT2D eigenvalue weighted by atomic mass is 10.3. The molecule has 0 heterocycles. The van der Waals surface area contributed by atoms with Gasteiger partial charge in [0.2, 0.25) is 0 Å². The fourth-order valence-corrected chi connectivity index (χ4v) is 2.45. The second-order valence-corrected chi connectivity index (χ2v) is 5.26. The number of nitrogen functional groups attached to an aromatic ring is 1. The number of anilines is 1. The van der Waals surface area contributed by atoms with Crippen molar-refractivity contribution in [1.82, 2.24) is 0 Å². The second kappa shape index (κ2) is 5.16. The standard InChI is InChI=1S/C11H17NO2S/c1-4-8(2)15(13)11-7-9(14-3)5-6-10(11)12/h5-8H,4,12H2,1-3H3. The molecule has 0 aromatic heterocycles. The van der Waals surface area contributed by atoms with Crippen LogP contribution in [0.4, 0.5) is 5.69 Å². The van der Waals surface area contributed by atoms with E-state index in [2.05, 4.69) is 0 Å². The molecular weight excluding hydrogens is 210 g/mol. The smallest absolute Gasteiger partial charge is 0.120 e. The van der Waals surface area contributed by atoms with Crippen LogP contribution in [0.5, 0.6) is 5.75 Å². The van der Waals surface area contributed by atoms with Crippen molar-refractivity contribution in [1.29, 1.82) is 0 Å². The number of benzene rings is 1. The molecule has 0 bridgehead atoms. The number of hydrogen-bond acceptors (Lipinski definition) is 3. The minimum Gasteiger partial charge on any atom is -0.497 e. The SMILES string of the molecule is CCC(C)S(=O)c1cc(OC)ccc1N. The van der Waals surface area contributed by atoms with E-state index in [4.69, 9.17) is 10.5 Å². The van der Waals surface area contributed by atoms with Gasteiger partial charge >= 0.3 is 0 Å². The van der Waals surface area contributed by atoms with Gasteiger partial charge < -0.3 is 10.5 Å². The Morgan fingerprint density at radius 2 is 2.20 bits per heavy atom. The van der Waals surface area contributed by atoms with Crippen LogP contribution in [0, 0.1) is 0 Å². The molecule has 3 nitrogen and oxygen atoms in total. The number of ether oxygens (including phenoxy) is 1. The van der Waals surface area contributed by atoms with Gasteiger partial charge in [0, 0.05) is 10.9 Å². The predicted octanol–water partition coefficient (Wildman–Crippen LogP) is 2.18. The highest BCUT2D eigenvalue weighted by Gasteiger charge is 2.14. The number of nitrogens with two attached hydrogens (primary N) is 1. The molecule has 2 atom stereocenters. The van der Waals surface area contributed by atoms with E-state index in [0.29, 0.717) is 16.3 Å². The molecule has 4 heteroatoms. The highest BCUT2D eigenvalue weighted by atomic mass is 32.2. The molecule has 84 valence electrons. The van der Waals surface area contributed by atoms with Crippen LogP contribution in [0.2, 0.25) is 0 Å². The lowest BCUT2D eigenvalue weighted by Crippen LogP contribution is -2.11. The summed E-state index contributed by atoms with van der Waals surface area (Å²) in [5.41, 5.74) is 6.35. The summed E-state index contributed by atoms with van der Waals surface area (Å²) in [5, 5.41) is 0.111. The summed E-state index contributed by atoms with van der Waals surface area (Å²) in [7, 11) is 0.528. The van der Waals surface area contributed by atoms with Gasteiger partial charge in [0.25, 0.3) is 0 Å². The van der Waals surface area contributed by atoms with Crippen molar-refractivity contribution >= 4 is 16.5 Å². The molecule has 0 fully saturated rings. The lowest BCUT2D eigenvalue weighted by molar-refractivity contribution is 0.413. The third-order valence-corrected chi connectivity index (χ3v) is 4.23.